The lowest BCUT2D eigenvalue weighted by molar-refractivity contribution is 0.124. The Morgan fingerprint density at radius 1 is 0.919 bits per heavy atom. The summed E-state index contributed by atoms with van der Waals surface area (Å²) in [5.74, 6) is -0.298. The highest BCUT2D eigenvalue weighted by Gasteiger charge is 2.35. The molecule has 1 saturated heterocycles. The van der Waals surface area contributed by atoms with E-state index in [0.717, 1.165) is 30.0 Å². The van der Waals surface area contributed by atoms with Crippen molar-refractivity contribution in [2.75, 3.05) is 45.2 Å². The van der Waals surface area contributed by atoms with E-state index in [0.29, 0.717) is 42.5 Å². The van der Waals surface area contributed by atoms with Crippen molar-refractivity contribution in [1.82, 2.24) is 13.9 Å². The lowest BCUT2D eigenvalue weighted by Gasteiger charge is -2.44. The molecule has 1 aliphatic heterocycles. The van der Waals surface area contributed by atoms with E-state index in [9.17, 15) is 21.2 Å². The largest absolute Gasteiger partial charge is 0.367 e. The van der Waals surface area contributed by atoms with E-state index >= 15 is 0 Å². The molecule has 12 heteroatoms. The minimum absolute atomic E-state index is 0.0351. The van der Waals surface area contributed by atoms with E-state index in [-0.39, 0.29) is 27.7 Å². The summed E-state index contributed by atoms with van der Waals surface area (Å²) in [6, 6.07) is 8.51. The lowest BCUT2D eigenvalue weighted by atomic mass is 9.89. The second-order valence-electron chi connectivity index (χ2n) is 9.87. The molecule has 2 aliphatic rings. The summed E-state index contributed by atoms with van der Waals surface area (Å²) in [6.45, 7) is 4.33. The van der Waals surface area contributed by atoms with Gasteiger partial charge >= 0.3 is 0 Å². The third kappa shape index (κ3) is 5.97. The van der Waals surface area contributed by atoms with Gasteiger partial charge in [-0.15, -0.1) is 0 Å². The molecule has 37 heavy (non-hydrogen) atoms. The molecule has 0 radical (unpaired) electrons. The average molecular weight is 573 g/mol. The Balaban J connectivity index is 1.44. The van der Waals surface area contributed by atoms with E-state index in [4.69, 9.17) is 11.6 Å². The number of sulfonamides is 2. The summed E-state index contributed by atoms with van der Waals surface area (Å²) in [5, 5.41) is 0.409. The molecule has 0 bridgehead atoms. The van der Waals surface area contributed by atoms with Crippen LogP contribution in [0.3, 0.4) is 0 Å². The maximum absolute atomic E-state index is 14.8. The fourth-order valence-corrected chi connectivity index (χ4v) is 7.49. The second kappa shape index (κ2) is 11.2. The van der Waals surface area contributed by atoms with Gasteiger partial charge in [0.15, 0.2) is 5.82 Å². The Labute approximate surface area is 224 Å². The monoisotopic (exact) mass is 572 g/mol. The molecule has 0 spiro atoms. The molecule has 8 nitrogen and oxygen atoms in total. The van der Waals surface area contributed by atoms with E-state index in [1.54, 1.807) is 19.1 Å². The molecule has 0 aromatic heterocycles. The molecule has 1 saturated carbocycles. The molecular weight excluding hydrogens is 539 g/mol. The Bertz CT molecular complexity index is 1330. The molecule has 2 aromatic rings. The lowest BCUT2D eigenvalue weighted by Crippen LogP contribution is -2.58. The van der Waals surface area contributed by atoms with Gasteiger partial charge in [0, 0.05) is 62.9 Å². The quantitative estimate of drug-likeness (QED) is 0.547. The molecule has 2 atom stereocenters. The standard InChI is InChI=1S/C25H34ClFN4O4S2/c1-18-21(26)12-13-24(25(18)27)31-16-14-30(15-17-31)23-7-5-4-6-22(23)28-36(32,33)19-8-10-20(11-9-19)37(34,35)29(2)3/h8-13,22-23,28H,4-7,14-17H2,1-3H3. The number of rotatable bonds is 7. The Kier molecular flexibility index (Phi) is 8.52. The number of benzene rings is 2. The Hall–Kier alpha value is -1.76. The fraction of sp³-hybridized carbons (Fsp3) is 0.520. The second-order valence-corrected chi connectivity index (χ2v) is 14.1. The van der Waals surface area contributed by atoms with Crippen molar-refractivity contribution < 1.29 is 21.2 Å². The van der Waals surface area contributed by atoms with Gasteiger partial charge in [0.25, 0.3) is 0 Å². The van der Waals surface area contributed by atoms with Gasteiger partial charge in [0.1, 0.15) is 0 Å². The first-order chi connectivity index (χ1) is 17.4. The molecule has 0 amide bonds. The number of anilines is 1. The Morgan fingerprint density at radius 3 is 2.14 bits per heavy atom. The minimum atomic E-state index is -3.84. The molecule has 204 valence electrons. The number of hydrogen-bond acceptors (Lipinski definition) is 6. The van der Waals surface area contributed by atoms with E-state index in [1.165, 1.54) is 38.4 Å². The van der Waals surface area contributed by atoms with Crippen molar-refractivity contribution in [3.63, 3.8) is 0 Å². The van der Waals surface area contributed by atoms with Crippen molar-refractivity contribution in [1.29, 1.82) is 0 Å². The summed E-state index contributed by atoms with van der Waals surface area (Å²) >= 11 is 6.05. The first kappa shape index (κ1) is 28.3. The molecule has 1 N–H and O–H groups in total. The molecule has 1 heterocycles. The van der Waals surface area contributed by atoms with Crippen molar-refractivity contribution in [2.45, 2.75) is 54.5 Å². The molecule has 2 aromatic carbocycles. The highest BCUT2D eigenvalue weighted by atomic mass is 35.5. The van der Waals surface area contributed by atoms with Gasteiger partial charge < -0.3 is 4.90 Å². The summed E-state index contributed by atoms with van der Waals surface area (Å²) in [4.78, 5) is 4.39. The van der Waals surface area contributed by atoms with Gasteiger partial charge in [-0.05, 0) is 56.2 Å². The van der Waals surface area contributed by atoms with Crippen LogP contribution in [0.4, 0.5) is 10.1 Å². The number of piperazine rings is 1. The third-order valence-electron chi connectivity index (χ3n) is 7.37. The average Bonchev–Trinajstić information content (AvgIpc) is 2.88. The fourth-order valence-electron chi connectivity index (χ4n) is 5.14. The summed E-state index contributed by atoms with van der Waals surface area (Å²) in [5.41, 5.74) is 0.984. The zero-order valence-corrected chi connectivity index (χ0v) is 23.7. The highest BCUT2D eigenvalue weighted by Crippen LogP contribution is 2.30. The maximum Gasteiger partial charge on any atom is 0.242 e. The first-order valence-corrected chi connectivity index (χ1v) is 15.7. The van der Waals surface area contributed by atoms with Crippen molar-refractivity contribution >= 4 is 37.3 Å². The van der Waals surface area contributed by atoms with Crippen molar-refractivity contribution in [2.24, 2.45) is 0 Å². The van der Waals surface area contributed by atoms with Gasteiger partial charge in [0.05, 0.1) is 15.5 Å². The van der Waals surface area contributed by atoms with Crippen LogP contribution < -0.4 is 9.62 Å². The zero-order valence-electron chi connectivity index (χ0n) is 21.3. The van der Waals surface area contributed by atoms with Crippen LogP contribution in [-0.2, 0) is 20.0 Å². The number of halogens is 2. The van der Waals surface area contributed by atoms with Gasteiger partial charge in [-0.2, -0.15) is 0 Å². The van der Waals surface area contributed by atoms with E-state index in [1.807, 2.05) is 4.90 Å². The summed E-state index contributed by atoms with van der Waals surface area (Å²) < 4.78 is 69.8. The van der Waals surface area contributed by atoms with E-state index in [2.05, 4.69) is 9.62 Å². The molecule has 2 fully saturated rings. The van der Waals surface area contributed by atoms with Crippen LogP contribution in [0.15, 0.2) is 46.2 Å². The summed E-state index contributed by atoms with van der Waals surface area (Å²) in [7, 11) is -4.63. The van der Waals surface area contributed by atoms with Crippen LogP contribution in [0.1, 0.15) is 31.2 Å². The molecule has 2 unspecified atom stereocenters. The SMILES string of the molecule is Cc1c(Cl)ccc(N2CCN(C3CCCCC3NS(=O)(=O)c3ccc(S(=O)(=O)N(C)C)cc3)CC2)c1F. The van der Waals surface area contributed by atoms with Crippen LogP contribution in [0, 0.1) is 12.7 Å². The molecule has 4 rings (SSSR count). The molecular formula is C25H34ClFN4O4S2. The highest BCUT2D eigenvalue weighted by molar-refractivity contribution is 7.89. The van der Waals surface area contributed by atoms with Crippen LogP contribution in [0.2, 0.25) is 5.02 Å². The topological polar surface area (TPSA) is 90.0 Å². The zero-order chi connectivity index (χ0) is 27.0. The first-order valence-electron chi connectivity index (χ1n) is 12.4. The minimum Gasteiger partial charge on any atom is -0.367 e. The number of nitrogens with zero attached hydrogens (tertiary/aromatic N) is 3. The third-order valence-corrected chi connectivity index (χ3v) is 11.1. The summed E-state index contributed by atoms with van der Waals surface area (Å²) in [6.07, 6.45) is 3.55. The van der Waals surface area contributed by atoms with Crippen LogP contribution >= 0.6 is 11.6 Å². The normalized spacial score (nSPS) is 21.9. The number of nitrogens with one attached hydrogen (secondary N) is 1. The predicted octanol–water partition coefficient (Wildman–Crippen LogP) is 3.45. The van der Waals surface area contributed by atoms with Crippen molar-refractivity contribution in [3.05, 3.63) is 52.8 Å². The Morgan fingerprint density at radius 2 is 1.51 bits per heavy atom. The van der Waals surface area contributed by atoms with Crippen LogP contribution in [0.25, 0.3) is 0 Å². The van der Waals surface area contributed by atoms with Crippen molar-refractivity contribution in [3.8, 4) is 0 Å². The van der Waals surface area contributed by atoms with Gasteiger partial charge in [0.2, 0.25) is 20.0 Å². The number of hydrogen-bond donors (Lipinski definition) is 1. The smallest absolute Gasteiger partial charge is 0.242 e. The van der Waals surface area contributed by atoms with Crippen LogP contribution in [0.5, 0.6) is 0 Å². The van der Waals surface area contributed by atoms with Crippen LogP contribution in [-0.4, -0.2) is 78.4 Å². The van der Waals surface area contributed by atoms with Gasteiger partial charge in [-0.3, -0.25) is 4.90 Å². The van der Waals surface area contributed by atoms with E-state index < -0.39 is 20.0 Å². The van der Waals surface area contributed by atoms with Gasteiger partial charge in [-0.1, -0.05) is 24.4 Å². The maximum atomic E-state index is 14.8. The van der Waals surface area contributed by atoms with Gasteiger partial charge in [-0.25, -0.2) is 30.3 Å². The predicted molar refractivity (Wildman–Crippen MR) is 144 cm³/mol. The molecule has 1 aliphatic carbocycles.